The highest BCUT2D eigenvalue weighted by Crippen LogP contribution is 2.34. The molecule has 5 nitrogen and oxygen atoms in total. The lowest BCUT2D eigenvalue weighted by Crippen LogP contribution is -2.54. The molecular weight excluding hydrogens is 252 g/mol. The fourth-order valence-electron chi connectivity index (χ4n) is 2.60. The average Bonchev–Trinajstić information content (AvgIpc) is 2.49. The molecule has 0 bridgehead atoms. The minimum atomic E-state index is -1.14. The van der Waals surface area contributed by atoms with Crippen LogP contribution in [0.25, 0.3) is 0 Å². The maximum Gasteiger partial charge on any atom is 0.405 e. The first-order valence-corrected chi connectivity index (χ1v) is 7.24. The Kier molecular flexibility index (Phi) is 4.16. The third kappa shape index (κ3) is 2.63. The van der Waals surface area contributed by atoms with Crippen LogP contribution in [0.2, 0.25) is 0 Å². The summed E-state index contributed by atoms with van der Waals surface area (Å²) >= 11 is 1.75. The molecule has 0 aromatic rings. The second-order valence-corrected chi connectivity index (χ2v) is 5.88. The second-order valence-electron chi connectivity index (χ2n) is 4.60. The third-order valence-electron chi connectivity index (χ3n) is 3.46. The number of amides is 2. The molecule has 2 amide bonds. The number of piperidine rings is 1. The van der Waals surface area contributed by atoms with E-state index in [1.807, 2.05) is 4.90 Å². The van der Waals surface area contributed by atoms with Gasteiger partial charge in [0, 0.05) is 0 Å². The van der Waals surface area contributed by atoms with Crippen LogP contribution in [0.5, 0.6) is 0 Å². The minimum Gasteiger partial charge on any atom is -0.465 e. The first-order chi connectivity index (χ1) is 8.63. The molecule has 0 aromatic carbocycles. The first-order valence-electron chi connectivity index (χ1n) is 6.19. The Balaban J connectivity index is 2.18. The van der Waals surface area contributed by atoms with E-state index in [-0.39, 0.29) is 17.3 Å². The lowest BCUT2D eigenvalue weighted by molar-refractivity contribution is -0.136. The highest BCUT2D eigenvalue weighted by molar-refractivity contribution is 7.99. The number of hydrogen-bond donors (Lipinski definition) is 2. The number of fused-ring (bicyclic) bond motifs is 1. The van der Waals surface area contributed by atoms with Crippen molar-refractivity contribution in [1.82, 2.24) is 10.2 Å². The van der Waals surface area contributed by atoms with Gasteiger partial charge in [-0.05, 0) is 31.4 Å². The molecule has 3 atom stereocenters. The fourth-order valence-corrected chi connectivity index (χ4v) is 4.00. The lowest BCUT2D eigenvalue weighted by atomic mass is 10.0. The Morgan fingerprint density at radius 3 is 2.94 bits per heavy atom. The van der Waals surface area contributed by atoms with Gasteiger partial charge in [0.15, 0.2) is 0 Å². The zero-order valence-electron chi connectivity index (χ0n) is 10.2. The quantitative estimate of drug-likeness (QED) is 0.749. The zero-order valence-corrected chi connectivity index (χ0v) is 11.0. The molecule has 0 saturated carbocycles. The number of hydrogen-bond acceptors (Lipinski definition) is 3. The van der Waals surface area contributed by atoms with Crippen LogP contribution in [0.1, 0.15) is 25.7 Å². The van der Waals surface area contributed by atoms with Crippen LogP contribution < -0.4 is 5.32 Å². The maximum absolute atomic E-state index is 12.4. The smallest absolute Gasteiger partial charge is 0.405 e. The summed E-state index contributed by atoms with van der Waals surface area (Å²) in [6, 6.07) is -0.569. The minimum absolute atomic E-state index is 0.0416. The van der Waals surface area contributed by atoms with Gasteiger partial charge in [-0.3, -0.25) is 4.79 Å². The van der Waals surface area contributed by atoms with Gasteiger partial charge in [-0.15, -0.1) is 18.3 Å². The van der Waals surface area contributed by atoms with E-state index in [1.165, 1.54) is 0 Å². The second kappa shape index (κ2) is 5.65. The van der Waals surface area contributed by atoms with Crippen molar-refractivity contribution in [2.75, 3.05) is 5.75 Å². The summed E-state index contributed by atoms with van der Waals surface area (Å²) in [6.45, 7) is 3.79. The SMILES string of the molecule is C=C[C@@H]1CCC[C@@H]2SCC[C@H](NC(=O)O)C(=O)N12. The van der Waals surface area contributed by atoms with E-state index in [2.05, 4.69) is 11.9 Å². The molecule has 2 N–H and O–H groups in total. The van der Waals surface area contributed by atoms with Gasteiger partial charge >= 0.3 is 6.09 Å². The fraction of sp³-hybridized carbons (Fsp3) is 0.667. The summed E-state index contributed by atoms with van der Waals surface area (Å²) in [6.07, 6.45) is 4.23. The molecule has 2 aliphatic heterocycles. The van der Waals surface area contributed by atoms with Gasteiger partial charge in [0.1, 0.15) is 6.04 Å². The summed E-state index contributed by atoms with van der Waals surface area (Å²) in [5.41, 5.74) is 0. The largest absolute Gasteiger partial charge is 0.465 e. The van der Waals surface area contributed by atoms with Crippen LogP contribution in [-0.4, -0.2) is 45.2 Å². The first kappa shape index (κ1) is 13.3. The number of thioether (sulfide) groups is 1. The maximum atomic E-state index is 12.4. The average molecular weight is 270 g/mol. The number of carboxylic acid groups (broad SMARTS) is 1. The number of nitrogens with one attached hydrogen (secondary N) is 1. The van der Waals surface area contributed by atoms with E-state index in [4.69, 9.17) is 5.11 Å². The number of rotatable bonds is 2. The molecule has 0 unspecified atom stereocenters. The van der Waals surface area contributed by atoms with Crippen molar-refractivity contribution in [2.45, 2.75) is 43.1 Å². The van der Waals surface area contributed by atoms with E-state index < -0.39 is 12.1 Å². The molecule has 0 radical (unpaired) electrons. The topological polar surface area (TPSA) is 69.6 Å². The molecule has 0 aromatic heterocycles. The van der Waals surface area contributed by atoms with Crippen LogP contribution in [-0.2, 0) is 4.79 Å². The zero-order chi connectivity index (χ0) is 13.1. The lowest BCUT2D eigenvalue weighted by Gasteiger charge is -2.40. The Morgan fingerprint density at radius 1 is 1.50 bits per heavy atom. The highest BCUT2D eigenvalue weighted by atomic mass is 32.2. The summed E-state index contributed by atoms with van der Waals surface area (Å²) in [5.74, 6) is 0.707. The number of nitrogens with zero attached hydrogens (tertiary/aromatic N) is 1. The highest BCUT2D eigenvalue weighted by Gasteiger charge is 2.39. The monoisotopic (exact) mass is 270 g/mol. The van der Waals surface area contributed by atoms with Crippen molar-refractivity contribution in [1.29, 1.82) is 0 Å². The molecule has 2 saturated heterocycles. The van der Waals surface area contributed by atoms with Gasteiger partial charge in [-0.2, -0.15) is 0 Å². The van der Waals surface area contributed by atoms with Gasteiger partial charge < -0.3 is 15.3 Å². The van der Waals surface area contributed by atoms with Crippen molar-refractivity contribution in [3.8, 4) is 0 Å². The molecule has 2 rings (SSSR count). The summed E-state index contributed by atoms with van der Waals surface area (Å²) in [7, 11) is 0. The summed E-state index contributed by atoms with van der Waals surface area (Å²) in [5, 5.41) is 11.3. The van der Waals surface area contributed by atoms with Crippen molar-refractivity contribution in [3.63, 3.8) is 0 Å². The third-order valence-corrected chi connectivity index (χ3v) is 4.78. The van der Waals surface area contributed by atoms with Crippen LogP contribution in [0.3, 0.4) is 0 Å². The van der Waals surface area contributed by atoms with E-state index in [1.54, 1.807) is 17.8 Å². The van der Waals surface area contributed by atoms with Gasteiger partial charge in [0.05, 0.1) is 11.4 Å². The molecule has 2 heterocycles. The summed E-state index contributed by atoms with van der Waals surface area (Å²) in [4.78, 5) is 25.0. The van der Waals surface area contributed by atoms with Gasteiger partial charge in [-0.25, -0.2) is 4.79 Å². The number of carbonyl (C=O) groups is 2. The predicted octanol–water partition coefficient (Wildman–Crippen LogP) is 1.65. The Hall–Kier alpha value is -1.17. The van der Waals surface area contributed by atoms with Gasteiger partial charge in [0.2, 0.25) is 5.91 Å². The van der Waals surface area contributed by atoms with E-state index in [0.717, 1.165) is 25.0 Å². The van der Waals surface area contributed by atoms with Crippen molar-refractivity contribution in [3.05, 3.63) is 12.7 Å². The number of carbonyl (C=O) groups excluding carboxylic acids is 1. The Morgan fingerprint density at radius 2 is 2.28 bits per heavy atom. The van der Waals surface area contributed by atoms with Crippen LogP contribution in [0.15, 0.2) is 12.7 Å². The van der Waals surface area contributed by atoms with E-state index >= 15 is 0 Å². The van der Waals surface area contributed by atoms with Crippen molar-refractivity contribution < 1.29 is 14.7 Å². The van der Waals surface area contributed by atoms with Crippen LogP contribution in [0, 0.1) is 0 Å². The summed E-state index contributed by atoms with van der Waals surface area (Å²) < 4.78 is 0. The molecule has 18 heavy (non-hydrogen) atoms. The normalized spacial score (nSPS) is 32.3. The molecular formula is C12H18N2O3S. The molecule has 2 aliphatic rings. The van der Waals surface area contributed by atoms with Crippen molar-refractivity contribution in [2.24, 2.45) is 0 Å². The van der Waals surface area contributed by atoms with E-state index in [9.17, 15) is 9.59 Å². The van der Waals surface area contributed by atoms with Gasteiger partial charge in [0.25, 0.3) is 0 Å². The Bertz CT molecular complexity index is 361. The Labute approximate surface area is 111 Å². The molecule has 2 fully saturated rings. The van der Waals surface area contributed by atoms with Crippen LogP contribution >= 0.6 is 11.8 Å². The predicted molar refractivity (Wildman–Crippen MR) is 70.5 cm³/mol. The standard InChI is InChI=1S/C12H18N2O3S/c1-2-8-4-3-5-10-14(8)11(15)9(6-7-18-10)13-12(16)17/h2,8-10,13H,1,3-7H2,(H,16,17)/t8-,9+,10+/m1/s1. The van der Waals surface area contributed by atoms with Crippen LogP contribution in [0.4, 0.5) is 4.79 Å². The molecule has 100 valence electrons. The van der Waals surface area contributed by atoms with E-state index in [0.29, 0.717) is 6.42 Å². The molecule has 6 heteroatoms. The molecule has 0 aliphatic carbocycles. The van der Waals surface area contributed by atoms with Crippen molar-refractivity contribution >= 4 is 23.8 Å². The molecule has 0 spiro atoms. The van der Waals surface area contributed by atoms with Gasteiger partial charge in [-0.1, -0.05) is 6.08 Å².